The van der Waals surface area contributed by atoms with Crippen molar-refractivity contribution in [2.45, 2.75) is 6.61 Å². The molecule has 0 radical (unpaired) electrons. The number of rotatable bonds is 4. The SMILES string of the molecule is CN(NC(=O)c1ccccc1CO)c1ccccc1. The highest BCUT2D eigenvalue weighted by atomic mass is 16.3. The van der Waals surface area contributed by atoms with Gasteiger partial charge in [0.15, 0.2) is 0 Å². The van der Waals surface area contributed by atoms with E-state index in [1.807, 2.05) is 30.3 Å². The van der Waals surface area contributed by atoms with E-state index in [0.29, 0.717) is 11.1 Å². The summed E-state index contributed by atoms with van der Waals surface area (Å²) in [5, 5.41) is 10.9. The normalized spacial score (nSPS) is 10.0. The number of carbonyl (C=O) groups excluding carboxylic acids is 1. The van der Waals surface area contributed by atoms with Gasteiger partial charge >= 0.3 is 0 Å². The lowest BCUT2D eigenvalue weighted by Crippen LogP contribution is -2.39. The maximum atomic E-state index is 12.1. The van der Waals surface area contributed by atoms with E-state index >= 15 is 0 Å². The van der Waals surface area contributed by atoms with Crippen LogP contribution in [0.25, 0.3) is 0 Å². The molecule has 0 atom stereocenters. The first kappa shape index (κ1) is 13.1. The number of aliphatic hydroxyl groups is 1. The molecule has 2 rings (SSSR count). The van der Waals surface area contributed by atoms with Crippen LogP contribution in [0.4, 0.5) is 5.69 Å². The molecule has 0 saturated carbocycles. The summed E-state index contributed by atoms with van der Waals surface area (Å²) in [6.45, 7) is -0.154. The number of amides is 1. The first-order valence-electron chi connectivity index (χ1n) is 6.01. The molecule has 0 heterocycles. The Morgan fingerprint density at radius 3 is 2.42 bits per heavy atom. The second-order valence-corrected chi connectivity index (χ2v) is 4.15. The predicted molar refractivity (Wildman–Crippen MR) is 74.7 cm³/mol. The van der Waals surface area contributed by atoms with E-state index in [0.717, 1.165) is 5.69 Å². The first-order valence-corrected chi connectivity index (χ1v) is 6.01. The summed E-state index contributed by atoms with van der Waals surface area (Å²) < 4.78 is 0. The van der Waals surface area contributed by atoms with Gasteiger partial charge in [-0.3, -0.25) is 15.2 Å². The highest BCUT2D eigenvalue weighted by molar-refractivity contribution is 5.96. The van der Waals surface area contributed by atoms with Crippen LogP contribution in [0.5, 0.6) is 0 Å². The molecule has 4 heteroatoms. The molecule has 1 amide bonds. The predicted octanol–water partition coefficient (Wildman–Crippen LogP) is 1.96. The maximum Gasteiger partial charge on any atom is 0.270 e. The van der Waals surface area contributed by atoms with Crippen LogP contribution in [0.2, 0.25) is 0 Å². The van der Waals surface area contributed by atoms with E-state index in [9.17, 15) is 9.90 Å². The average molecular weight is 256 g/mol. The van der Waals surface area contributed by atoms with Crippen LogP contribution in [0.1, 0.15) is 15.9 Å². The minimum Gasteiger partial charge on any atom is -0.392 e. The number of carbonyl (C=O) groups is 1. The number of hydrogen-bond donors (Lipinski definition) is 2. The van der Waals surface area contributed by atoms with E-state index < -0.39 is 0 Å². The summed E-state index contributed by atoms with van der Waals surface area (Å²) in [5.41, 5.74) is 4.75. The lowest BCUT2D eigenvalue weighted by Gasteiger charge is -2.20. The van der Waals surface area contributed by atoms with E-state index in [2.05, 4.69) is 5.43 Å². The van der Waals surface area contributed by atoms with E-state index in [1.165, 1.54) is 0 Å². The summed E-state index contributed by atoms with van der Waals surface area (Å²) in [6, 6.07) is 16.5. The number of benzene rings is 2. The molecule has 19 heavy (non-hydrogen) atoms. The molecule has 0 fully saturated rings. The maximum absolute atomic E-state index is 12.1. The minimum absolute atomic E-state index is 0.154. The summed E-state index contributed by atoms with van der Waals surface area (Å²) in [6.07, 6.45) is 0. The monoisotopic (exact) mass is 256 g/mol. The topological polar surface area (TPSA) is 52.6 Å². The molecule has 0 aromatic heterocycles. The number of nitrogens with one attached hydrogen (secondary N) is 1. The van der Waals surface area contributed by atoms with Gasteiger partial charge in [-0.1, -0.05) is 36.4 Å². The van der Waals surface area contributed by atoms with E-state index in [4.69, 9.17) is 0 Å². The van der Waals surface area contributed by atoms with Gasteiger partial charge in [-0.15, -0.1) is 0 Å². The molecule has 0 aliphatic heterocycles. The highest BCUT2D eigenvalue weighted by Gasteiger charge is 2.12. The second-order valence-electron chi connectivity index (χ2n) is 4.15. The number of para-hydroxylation sites is 1. The van der Waals surface area contributed by atoms with Crippen molar-refractivity contribution in [1.82, 2.24) is 5.43 Å². The van der Waals surface area contributed by atoms with Gasteiger partial charge in [0.2, 0.25) is 0 Å². The van der Waals surface area contributed by atoms with Gasteiger partial charge in [0.25, 0.3) is 5.91 Å². The van der Waals surface area contributed by atoms with Crippen LogP contribution in [0, 0.1) is 0 Å². The summed E-state index contributed by atoms with van der Waals surface area (Å²) in [7, 11) is 1.77. The molecule has 2 aromatic rings. The number of hydrazine groups is 1. The zero-order valence-electron chi connectivity index (χ0n) is 10.7. The smallest absolute Gasteiger partial charge is 0.270 e. The highest BCUT2D eigenvalue weighted by Crippen LogP contribution is 2.11. The van der Waals surface area contributed by atoms with Crippen LogP contribution in [-0.2, 0) is 6.61 Å². The van der Waals surface area contributed by atoms with Crippen molar-refractivity contribution in [3.8, 4) is 0 Å². The molecular formula is C15H16N2O2. The van der Waals surface area contributed by atoms with Crippen LogP contribution < -0.4 is 10.4 Å². The largest absolute Gasteiger partial charge is 0.392 e. The molecule has 2 aromatic carbocycles. The molecule has 98 valence electrons. The molecule has 0 aliphatic carbocycles. The third-order valence-electron chi connectivity index (χ3n) is 2.85. The third kappa shape index (κ3) is 3.11. The van der Waals surface area contributed by atoms with Gasteiger partial charge in [-0.05, 0) is 23.8 Å². The zero-order valence-corrected chi connectivity index (χ0v) is 10.7. The Labute approximate surface area is 112 Å². The van der Waals surface area contributed by atoms with Crippen molar-refractivity contribution < 1.29 is 9.90 Å². The fraction of sp³-hybridized carbons (Fsp3) is 0.133. The van der Waals surface area contributed by atoms with Crippen molar-refractivity contribution in [3.63, 3.8) is 0 Å². The summed E-state index contributed by atoms with van der Waals surface area (Å²) in [5.74, 6) is -0.240. The van der Waals surface area contributed by atoms with Gasteiger partial charge in [-0.25, -0.2) is 0 Å². The molecule has 0 spiro atoms. The lowest BCUT2D eigenvalue weighted by molar-refractivity contribution is 0.0948. The standard InChI is InChI=1S/C15H16N2O2/c1-17(13-8-3-2-4-9-13)16-15(19)14-10-6-5-7-12(14)11-18/h2-10,18H,11H2,1H3,(H,16,19). The lowest BCUT2D eigenvalue weighted by atomic mass is 10.1. The molecule has 0 aliphatic rings. The Hall–Kier alpha value is -2.33. The Morgan fingerprint density at radius 1 is 1.11 bits per heavy atom. The quantitative estimate of drug-likeness (QED) is 0.822. The fourth-order valence-corrected chi connectivity index (χ4v) is 1.81. The molecule has 0 saturated heterocycles. The molecular weight excluding hydrogens is 240 g/mol. The Balaban J connectivity index is 2.13. The first-order chi connectivity index (χ1) is 9.22. The van der Waals surface area contributed by atoms with E-state index in [-0.39, 0.29) is 12.5 Å². The third-order valence-corrected chi connectivity index (χ3v) is 2.85. The summed E-state index contributed by atoms with van der Waals surface area (Å²) in [4.78, 5) is 12.1. The number of nitrogens with zero attached hydrogens (tertiary/aromatic N) is 1. The Bertz CT molecular complexity index is 555. The van der Waals surface area contributed by atoms with Gasteiger partial charge < -0.3 is 5.11 Å². The van der Waals surface area contributed by atoms with Gasteiger partial charge in [0.1, 0.15) is 0 Å². The molecule has 0 bridgehead atoms. The summed E-state index contributed by atoms with van der Waals surface area (Å²) >= 11 is 0. The van der Waals surface area contributed by atoms with Crippen LogP contribution in [-0.4, -0.2) is 18.1 Å². The zero-order chi connectivity index (χ0) is 13.7. The fourth-order valence-electron chi connectivity index (χ4n) is 1.81. The molecule has 0 unspecified atom stereocenters. The Kier molecular flexibility index (Phi) is 4.15. The average Bonchev–Trinajstić information content (AvgIpc) is 2.48. The van der Waals surface area contributed by atoms with Crippen molar-refractivity contribution >= 4 is 11.6 Å². The number of anilines is 1. The van der Waals surface area contributed by atoms with Gasteiger partial charge in [0, 0.05) is 12.6 Å². The minimum atomic E-state index is -0.240. The van der Waals surface area contributed by atoms with Crippen molar-refractivity contribution in [1.29, 1.82) is 0 Å². The molecule has 2 N–H and O–H groups in total. The van der Waals surface area contributed by atoms with E-state index in [1.54, 1.807) is 36.3 Å². The van der Waals surface area contributed by atoms with Gasteiger partial charge in [-0.2, -0.15) is 0 Å². The number of aliphatic hydroxyl groups excluding tert-OH is 1. The molecule has 4 nitrogen and oxygen atoms in total. The number of hydrogen-bond acceptors (Lipinski definition) is 3. The van der Waals surface area contributed by atoms with Crippen LogP contribution in [0.15, 0.2) is 54.6 Å². The van der Waals surface area contributed by atoms with Gasteiger partial charge in [0.05, 0.1) is 12.3 Å². The van der Waals surface area contributed by atoms with Crippen molar-refractivity contribution in [2.24, 2.45) is 0 Å². The second kappa shape index (κ2) is 6.02. The van der Waals surface area contributed by atoms with Crippen molar-refractivity contribution in [2.75, 3.05) is 12.1 Å². The van der Waals surface area contributed by atoms with Crippen molar-refractivity contribution in [3.05, 3.63) is 65.7 Å². The van der Waals surface area contributed by atoms with Crippen LogP contribution in [0.3, 0.4) is 0 Å². The Morgan fingerprint density at radius 2 is 1.74 bits per heavy atom. The van der Waals surface area contributed by atoms with Crippen LogP contribution >= 0.6 is 0 Å².